The maximum atomic E-state index is 12.2. The van der Waals surface area contributed by atoms with Crippen molar-refractivity contribution in [2.24, 2.45) is 17.6 Å². The molecule has 0 aliphatic heterocycles. The maximum Gasteiger partial charge on any atom is 0.224 e. The molecule has 1 heterocycles. The molecule has 0 spiro atoms. The standard InChI is InChI=1S/C18H22N2O3S/c1-20-18(22)15(10-14-8-5-9-24-14)16(17(19)21)12-23-11-13-6-3-2-4-7-13/h2-9,15-16H,10-12H2,1H3,(H2,19,21)(H,20,22)/t15-,16?/m1/s1. The molecule has 0 saturated heterocycles. The zero-order valence-corrected chi connectivity index (χ0v) is 14.4. The number of carbonyl (C=O) groups excluding carboxylic acids is 2. The zero-order chi connectivity index (χ0) is 17.4. The fourth-order valence-electron chi connectivity index (χ4n) is 2.52. The number of benzene rings is 1. The predicted molar refractivity (Wildman–Crippen MR) is 94.4 cm³/mol. The van der Waals surface area contributed by atoms with Crippen LogP contribution in [-0.2, 0) is 27.4 Å². The van der Waals surface area contributed by atoms with Gasteiger partial charge in [0, 0.05) is 11.9 Å². The van der Waals surface area contributed by atoms with Crippen molar-refractivity contribution in [3.05, 3.63) is 58.3 Å². The van der Waals surface area contributed by atoms with E-state index in [2.05, 4.69) is 5.32 Å². The number of thiophene rings is 1. The molecule has 1 aromatic heterocycles. The van der Waals surface area contributed by atoms with Crippen molar-refractivity contribution in [1.29, 1.82) is 0 Å². The quantitative estimate of drug-likeness (QED) is 0.728. The Labute approximate surface area is 145 Å². The Bertz CT molecular complexity index is 644. The molecule has 0 bridgehead atoms. The van der Waals surface area contributed by atoms with Crippen LogP contribution in [0.15, 0.2) is 47.8 Å². The molecule has 1 unspecified atom stereocenters. The van der Waals surface area contributed by atoms with Gasteiger partial charge in [-0.1, -0.05) is 36.4 Å². The first kappa shape index (κ1) is 18.2. The van der Waals surface area contributed by atoms with E-state index in [4.69, 9.17) is 10.5 Å². The first-order chi connectivity index (χ1) is 11.6. The van der Waals surface area contributed by atoms with Gasteiger partial charge < -0.3 is 15.8 Å². The zero-order valence-electron chi connectivity index (χ0n) is 13.6. The third-order valence-electron chi connectivity index (χ3n) is 3.84. The summed E-state index contributed by atoms with van der Waals surface area (Å²) in [7, 11) is 1.56. The van der Waals surface area contributed by atoms with E-state index in [1.54, 1.807) is 18.4 Å². The number of primary amides is 1. The molecule has 24 heavy (non-hydrogen) atoms. The number of nitrogens with one attached hydrogen (secondary N) is 1. The van der Waals surface area contributed by atoms with E-state index in [0.29, 0.717) is 13.0 Å². The molecule has 1 aromatic carbocycles. The summed E-state index contributed by atoms with van der Waals surface area (Å²) >= 11 is 1.56. The summed E-state index contributed by atoms with van der Waals surface area (Å²) in [6.07, 6.45) is 0.472. The minimum atomic E-state index is -0.671. The Morgan fingerprint density at radius 3 is 2.50 bits per heavy atom. The van der Waals surface area contributed by atoms with Crippen molar-refractivity contribution < 1.29 is 14.3 Å². The molecule has 0 saturated carbocycles. The van der Waals surface area contributed by atoms with E-state index in [0.717, 1.165) is 10.4 Å². The minimum absolute atomic E-state index is 0.119. The van der Waals surface area contributed by atoms with Crippen LogP contribution < -0.4 is 11.1 Å². The van der Waals surface area contributed by atoms with Gasteiger partial charge in [0.15, 0.2) is 0 Å². The van der Waals surface area contributed by atoms with Gasteiger partial charge in [-0.2, -0.15) is 0 Å². The molecule has 3 N–H and O–H groups in total. The molecule has 5 nitrogen and oxygen atoms in total. The summed E-state index contributed by atoms with van der Waals surface area (Å²) in [6, 6.07) is 13.5. The van der Waals surface area contributed by atoms with Crippen molar-refractivity contribution in [3.8, 4) is 0 Å². The molecule has 6 heteroatoms. The molecule has 2 aromatic rings. The highest BCUT2D eigenvalue weighted by molar-refractivity contribution is 7.09. The summed E-state index contributed by atoms with van der Waals surface area (Å²) < 4.78 is 5.66. The fourth-order valence-corrected chi connectivity index (χ4v) is 3.29. The third kappa shape index (κ3) is 5.18. The van der Waals surface area contributed by atoms with Crippen molar-refractivity contribution >= 4 is 23.2 Å². The van der Waals surface area contributed by atoms with Crippen LogP contribution in [0.5, 0.6) is 0 Å². The number of carbonyl (C=O) groups is 2. The van der Waals surface area contributed by atoms with Crippen LogP contribution in [0.4, 0.5) is 0 Å². The van der Waals surface area contributed by atoms with Crippen LogP contribution in [0.3, 0.4) is 0 Å². The van der Waals surface area contributed by atoms with Gasteiger partial charge in [-0.15, -0.1) is 11.3 Å². The van der Waals surface area contributed by atoms with Crippen molar-refractivity contribution in [2.75, 3.05) is 13.7 Å². The Morgan fingerprint density at radius 1 is 1.17 bits per heavy atom. The number of hydrogen-bond acceptors (Lipinski definition) is 4. The number of rotatable bonds is 9. The van der Waals surface area contributed by atoms with E-state index in [9.17, 15) is 9.59 Å². The molecular weight excluding hydrogens is 324 g/mol. The summed E-state index contributed by atoms with van der Waals surface area (Å²) in [5.41, 5.74) is 6.55. The van der Waals surface area contributed by atoms with E-state index >= 15 is 0 Å². The van der Waals surface area contributed by atoms with Crippen LogP contribution in [0.2, 0.25) is 0 Å². The fraction of sp³-hybridized carbons (Fsp3) is 0.333. The number of amides is 2. The second-order valence-electron chi connectivity index (χ2n) is 5.51. The lowest BCUT2D eigenvalue weighted by molar-refractivity contribution is -0.135. The lowest BCUT2D eigenvalue weighted by Crippen LogP contribution is -2.42. The monoisotopic (exact) mass is 346 g/mol. The van der Waals surface area contributed by atoms with Crippen LogP contribution in [0.25, 0.3) is 0 Å². The van der Waals surface area contributed by atoms with Crippen LogP contribution in [0, 0.1) is 11.8 Å². The van der Waals surface area contributed by atoms with Gasteiger partial charge in [-0.3, -0.25) is 9.59 Å². The number of hydrogen-bond donors (Lipinski definition) is 2. The van der Waals surface area contributed by atoms with Crippen molar-refractivity contribution in [2.45, 2.75) is 13.0 Å². The average Bonchev–Trinajstić information content (AvgIpc) is 3.10. The molecule has 0 fully saturated rings. The SMILES string of the molecule is CNC(=O)[C@H](Cc1cccs1)C(COCc1ccccc1)C(N)=O. The summed E-state index contributed by atoms with van der Waals surface area (Å²) in [5, 5.41) is 4.57. The first-order valence-electron chi connectivity index (χ1n) is 7.76. The molecule has 0 radical (unpaired) electrons. The maximum absolute atomic E-state index is 12.2. The molecular formula is C18H22N2O3S. The van der Waals surface area contributed by atoms with Crippen LogP contribution >= 0.6 is 11.3 Å². The highest BCUT2D eigenvalue weighted by Crippen LogP contribution is 2.22. The topological polar surface area (TPSA) is 81.4 Å². The Kier molecular flexibility index (Phi) is 6.96. The molecule has 2 amide bonds. The van der Waals surface area contributed by atoms with Gasteiger partial charge in [0.25, 0.3) is 0 Å². The third-order valence-corrected chi connectivity index (χ3v) is 4.74. The largest absolute Gasteiger partial charge is 0.376 e. The highest BCUT2D eigenvalue weighted by Gasteiger charge is 2.32. The lowest BCUT2D eigenvalue weighted by Gasteiger charge is -2.23. The van der Waals surface area contributed by atoms with E-state index in [1.165, 1.54) is 0 Å². The Balaban J connectivity index is 2.03. The van der Waals surface area contributed by atoms with E-state index in [-0.39, 0.29) is 12.5 Å². The number of nitrogens with two attached hydrogens (primary N) is 1. The van der Waals surface area contributed by atoms with Gasteiger partial charge in [-0.05, 0) is 23.4 Å². The predicted octanol–water partition coefficient (Wildman–Crippen LogP) is 1.97. The second kappa shape index (κ2) is 9.20. The first-order valence-corrected chi connectivity index (χ1v) is 8.64. The van der Waals surface area contributed by atoms with E-state index in [1.807, 2.05) is 47.8 Å². The summed E-state index contributed by atoms with van der Waals surface area (Å²) in [5.74, 6) is -1.93. The minimum Gasteiger partial charge on any atom is -0.376 e. The Hall–Kier alpha value is -2.18. The smallest absolute Gasteiger partial charge is 0.224 e. The molecule has 0 aliphatic carbocycles. The van der Waals surface area contributed by atoms with Gasteiger partial charge in [-0.25, -0.2) is 0 Å². The van der Waals surface area contributed by atoms with Crippen LogP contribution in [0.1, 0.15) is 10.4 Å². The highest BCUT2D eigenvalue weighted by atomic mass is 32.1. The normalized spacial score (nSPS) is 13.2. The summed E-state index contributed by atoms with van der Waals surface area (Å²) in [4.78, 5) is 25.2. The second-order valence-corrected chi connectivity index (χ2v) is 6.55. The molecule has 2 rings (SSSR count). The van der Waals surface area contributed by atoms with Crippen molar-refractivity contribution in [3.63, 3.8) is 0 Å². The average molecular weight is 346 g/mol. The van der Waals surface area contributed by atoms with E-state index < -0.39 is 17.7 Å². The van der Waals surface area contributed by atoms with Crippen molar-refractivity contribution in [1.82, 2.24) is 5.32 Å². The van der Waals surface area contributed by atoms with Gasteiger partial charge >= 0.3 is 0 Å². The van der Waals surface area contributed by atoms with Gasteiger partial charge in [0.2, 0.25) is 11.8 Å². The summed E-state index contributed by atoms with van der Waals surface area (Å²) in [6.45, 7) is 0.498. The number of ether oxygens (including phenoxy) is 1. The van der Waals surface area contributed by atoms with Gasteiger partial charge in [0.1, 0.15) is 0 Å². The van der Waals surface area contributed by atoms with Crippen LogP contribution in [-0.4, -0.2) is 25.5 Å². The lowest BCUT2D eigenvalue weighted by atomic mass is 9.88. The molecule has 2 atom stereocenters. The Morgan fingerprint density at radius 2 is 1.92 bits per heavy atom. The molecule has 128 valence electrons. The van der Waals surface area contributed by atoms with Gasteiger partial charge in [0.05, 0.1) is 25.0 Å². The molecule has 0 aliphatic rings.